The number of nitrogens with one attached hydrogen (secondary N) is 3. The van der Waals surface area contributed by atoms with E-state index in [1.807, 2.05) is 24.3 Å². The van der Waals surface area contributed by atoms with Crippen molar-refractivity contribution < 1.29 is 9.53 Å². The van der Waals surface area contributed by atoms with Gasteiger partial charge in [0.05, 0.1) is 13.2 Å². The topological polar surface area (TPSA) is 88.2 Å². The molecule has 1 unspecified atom stereocenters. The number of methoxy groups -OCH3 is 1. The summed E-state index contributed by atoms with van der Waals surface area (Å²) in [5.74, 6) is 1.88. The summed E-state index contributed by atoms with van der Waals surface area (Å²) in [4.78, 5) is 20.3. The van der Waals surface area contributed by atoms with E-state index in [0.717, 1.165) is 24.2 Å². The van der Waals surface area contributed by atoms with Gasteiger partial charge in [0.2, 0.25) is 5.95 Å². The van der Waals surface area contributed by atoms with Gasteiger partial charge in [-0.3, -0.25) is 0 Å². The average Bonchev–Trinajstić information content (AvgIpc) is 3.49. The van der Waals surface area contributed by atoms with Gasteiger partial charge in [0.1, 0.15) is 5.75 Å². The molecule has 0 saturated heterocycles. The van der Waals surface area contributed by atoms with Crippen molar-refractivity contribution in [1.29, 1.82) is 0 Å². The standard InChI is InChI=1S/C18H23N5O2/c1-25-15-7-5-14(6-8-15)16(13-3-4-13)23-18(24)22-12-11-21-17-19-9-2-10-20-17/h2,5-10,13,16H,3-4,11-12H2,1H3,(H,19,20,21)(H2,22,23,24). The first-order valence-electron chi connectivity index (χ1n) is 8.45. The fraction of sp³-hybridized carbons (Fsp3) is 0.389. The summed E-state index contributed by atoms with van der Waals surface area (Å²) in [7, 11) is 1.65. The van der Waals surface area contributed by atoms with Gasteiger partial charge in [0, 0.05) is 25.5 Å². The lowest BCUT2D eigenvalue weighted by Crippen LogP contribution is -2.40. The third-order valence-electron chi connectivity index (χ3n) is 4.11. The highest BCUT2D eigenvalue weighted by Crippen LogP contribution is 2.41. The number of amides is 2. The first-order valence-corrected chi connectivity index (χ1v) is 8.45. The first kappa shape index (κ1) is 17.0. The fourth-order valence-electron chi connectivity index (χ4n) is 2.65. The zero-order chi connectivity index (χ0) is 17.5. The molecular weight excluding hydrogens is 318 g/mol. The van der Waals surface area contributed by atoms with Crippen LogP contribution in [0.25, 0.3) is 0 Å². The average molecular weight is 341 g/mol. The van der Waals surface area contributed by atoms with E-state index in [9.17, 15) is 4.79 Å². The Balaban J connectivity index is 1.46. The Bertz CT molecular complexity index is 674. The maximum Gasteiger partial charge on any atom is 0.315 e. The highest BCUT2D eigenvalue weighted by atomic mass is 16.5. The van der Waals surface area contributed by atoms with Gasteiger partial charge < -0.3 is 20.7 Å². The minimum atomic E-state index is -0.163. The van der Waals surface area contributed by atoms with E-state index in [1.165, 1.54) is 0 Å². The number of rotatable bonds is 8. The van der Waals surface area contributed by atoms with Crippen LogP contribution in [0.15, 0.2) is 42.7 Å². The van der Waals surface area contributed by atoms with Crippen molar-refractivity contribution in [3.63, 3.8) is 0 Å². The van der Waals surface area contributed by atoms with Crippen molar-refractivity contribution >= 4 is 12.0 Å². The smallest absolute Gasteiger partial charge is 0.315 e. The van der Waals surface area contributed by atoms with Crippen molar-refractivity contribution in [2.45, 2.75) is 18.9 Å². The van der Waals surface area contributed by atoms with Crippen LogP contribution in [0.2, 0.25) is 0 Å². The lowest BCUT2D eigenvalue weighted by Gasteiger charge is -2.19. The number of benzene rings is 1. The fourth-order valence-corrected chi connectivity index (χ4v) is 2.65. The number of carbonyl (C=O) groups excluding carboxylic acids is 1. The van der Waals surface area contributed by atoms with Crippen LogP contribution in [0.1, 0.15) is 24.4 Å². The first-order chi connectivity index (χ1) is 12.3. The van der Waals surface area contributed by atoms with Crippen molar-refractivity contribution in [3.05, 3.63) is 48.3 Å². The van der Waals surface area contributed by atoms with Gasteiger partial charge in [-0.25, -0.2) is 14.8 Å². The second kappa shape index (κ2) is 8.32. The van der Waals surface area contributed by atoms with E-state index >= 15 is 0 Å². The number of ether oxygens (including phenoxy) is 1. The monoisotopic (exact) mass is 341 g/mol. The van der Waals surface area contributed by atoms with Crippen LogP contribution in [0.5, 0.6) is 5.75 Å². The predicted octanol–water partition coefficient (Wildman–Crippen LogP) is 2.35. The van der Waals surface area contributed by atoms with Crippen LogP contribution < -0.4 is 20.7 Å². The largest absolute Gasteiger partial charge is 0.497 e. The third kappa shape index (κ3) is 5.07. The number of hydrogen-bond donors (Lipinski definition) is 3. The lowest BCUT2D eigenvalue weighted by molar-refractivity contribution is 0.236. The van der Waals surface area contributed by atoms with Gasteiger partial charge in [0.15, 0.2) is 0 Å². The Labute approximate surface area is 147 Å². The minimum absolute atomic E-state index is 0.0383. The molecule has 1 saturated carbocycles. The Hall–Kier alpha value is -2.83. The van der Waals surface area contributed by atoms with Gasteiger partial charge in [-0.1, -0.05) is 12.1 Å². The van der Waals surface area contributed by atoms with Crippen LogP contribution in [0.3, 0.4) is 0 Å². The lowest BCUT2D eigenvalue weighted by atomic mass is 10.0. The highest BCUT2D eigenvalue weighted by molar-refractivity contribution is 5.74. The SMILES string of the molecule is COc1ccc(C(NC(=O)NCCNc2ncccn2)C2CC2)cc1. The second-order valence-corrected chi connectivity index (χ2v) is 5.99. The molecule has 0 bridgehead atoms. The second-order valence-electron chi connectivity index (χ2n) is 5.99. The maximum absolute atomic E-state index is 12.2. The number of anilines is 1. The van der Waals surface area contributed by atoms with Crippen LogP contribution in [-0.4, -0.2) is 36.2 Å². The Kier molecular flexibility index (Phi) is 5.66. The number of nitrogens with zero attached hydrogens (tertiary/aromatic N) is 2. The summed E-state index contributed by atoms with van der Waals surface area (Å²) in [6, 6.07) is 9.50. The highest BCUT2D eigenvalue weighted by Gasteiger charge is 2.33. The molecule has 7 heteroatoms. The molecule has 2 aromatic rings. The van der Waals surface area contributed by atoms with Gasteiger partial charge >= 0.3 is 6.03 Å². The van der Waals surface area contributed by atoms with Crippen molar-refractivity contribution in [1.82, 2.24) is 20.6 Å². The number of carbonyl (C=O) groups is 1. The molecule has 1 heterocycles. The van der Waals surface area contributed by atoms with E-state index in [0.29, 0.717) is 25.0 Å². The zero-order valence-electron chi connectivity index (χ0n) is 14.2. The molecule has 0 aliphatic heterocycles. The molecule has 1 aromatic heterocycles. The summed E-state index contributed by atoms with van der Waals surface area (Å²) < 4.78 is 5.19. The minimum Gasteiger partial charge on any atom is -0.497 e. The Morgan fingerprint density at radius 3 is 2.56 bits per heavy atom. The molecule has 2 amide bonds. The normalized spacial score (nSPS) is 14.4. The molecule has 3 rings (SSSR count). The van der Waals surface area contributed by atoms with Crippen LogP contribution in [-0.2, 0) is 0 Å². The molecule has 25 heavy (non-hydrogen) atoms. The molecular formula is C18H23N5O2. The summed E-state index contributed by atoms with van der Waals surface area (Å²) >= 11 is 0. The van der Waals surface area contributed by atoms with Gasteiger partial charge in [-0.15, -0.1) is 0 Å². The molecule has 1 aliphatic carbocycles. The van der Waals surface area contributed by atoms with E-state index in [-0.39, 0.29) is 12.1 Å². The molecule has 0 radical (unpaired) electrons. The summed E-state index contributed by atoms with van der Waals surface area (Å²) in [6.07, 6.45) is 5.63. The van der Waals surface area contributed by atoms with Crippen LogP contribution >= 0.6 is 0 Å². The molecule has 1 fully saturated rings. The maximum atomic E-state index is 12.2. The zero-order valence-corrected chi connectivity index (χ0v) is 14.2. The van der Waals surface area contributed by atoms with E-state index in [4.69, 9.17) is 4.74 Å². The van der Waals surface area contributed by atoms with Crippen LogP contribution in [0, 0.1) is 5.92 Å². The van der Waals surface area contributed by atoms with Gasteiger partial charge in [-0.2, -0.15) is 0 Å². The summed E-state index contributed by atoms with van der Waals surface area (Å²) in [5.41, 5.74) is 1.11. The summed E-state index contributed by atoms with van der Waals surface area (Å²) in [6.45, 7) is 1.05. The molecule has 132 valence electrons. The van der Waals surface area contributed by atoms with E-state index < -0.39 is 0 Å². The molecule has 7 nitrogen and oxygen atoms in total. The molecule has 1 aromatic carbocycles. The number of urea groups is 1. The molecule has 3 N–H and O–H groups in total. The van der Waals surface area contributed by atoms with Gasteiger partial charge in [0.25, 0.3) is 0 Å². The molecule has 0 spiro atoms. The van der Waals surface area contributed by atoms with Crippen LogP contribution in [0.4, 0.5) is 10.7 Å². The quantitative estimate of drug-likeness (QED) is 0.642. The summed E-state index contributed by atoms with van der Waals surface area (Å²) in [5, 5.41) is 9.00. The van der Waals surface area contributed by atoms with Gasteiger partial charge in [-0.05, 0) is 42.5 Å². The van der Waals surface area contributed by atoms with Crippen molar-refractivity contribution in [3.8, 4) is 5.75 Å². The number of hydrogen-bond acceptors (Lipinski definition) is 5. The molecule has 1 aliphatic rings. The van der Waals surface area contributed by atoms with E-state index in [2.05, 4.69) is 25.9 Å². The predicted molar refractivity (Wildman–Crippen MR) is 95.5 cm³/mol. The Morgan fingerprint density at radius 1 is 1.20 bits per heavy atom. The Morgan fingerprint density at radius 2 is 1.92 bits per heavy atom. The van der Waals surface area contributed by atoms with Crippen molar-refractivity contribution in [2.75, 3.05) is 25.5 Å². The number of aromatic nitrogens is 2. The van der Waals surface area contributed by atoms with E-state index in [1.54, 1.807) is 25.6 Å². The van der Waals surface area contributed by atoms with Crippen molar-refractivity contribution in [2.24, 2.45) is 5.92 Å². The molecule has 1 atom stereocenters. The third-order valence-corrected chi connectivity index (χ3v) is 4.11.